The number of amides is 1. The van der Waals surface area contributed by atoms with Crippen molar-refractivity contribution in [1.29, 1.82) is 0 Å². The van der Waals surface area contributed by atoms with Crippen LogP contribution in [-0.4, -0.2) is 28.7 Å². The van der Waals surface area contributed by atoms with E-state index in [0.29, 0.717) is 16.5 Å². The molecule has 0 saturated carbocycles. The molecule has 1 heterocycles. The molecule has 3 aromatic rings. The summed E-state index contributed by atoms with van der Waals surface area (Å²) in [6, 6.07) is 13.1. The number of benzene rings is 2. The Labute approximate surface area is 179 Å². The maximum atomic E-state index is 12.3. The van der Waals surface area contributed by atoms with E-state index in [4.69, 9.17) is 4.74 Å². The Kier molecular flexibility index (Phi) is 6.11. The van der Waals surface area contributed by atoms with Gasteiger partial charge in [0, 0.05) is 5.39 Å². The molecule has 1 aliphatic rings. The number of carbonyl (C=O) groups is 2. The first-order valence-corrected chi connectivity index (χ1v) is 10.5. The number of ether oxygens (including phenoxy) is 1. The molecule has 1 amide bonds. The second kappa shape index (κ2) is 9.12. The molecule has 1 aromatic heterocycles. The average molecular weight is 419 g/mol. The fraction of sp³-hybridized carbons (Fsp3) is 0.333. The Morgan fingerprint density at radius 3 is 2.65 bits per heavy atom. The summed E-state index contributed by atoms with van der Waals surface area (Å²) in [6.45, 7) is 1.55. The Hall–Kier alpha value is -3.48. The Balaban J connectivity index is 1.32. The molecule has 0 fully saturated rings. The third-order valence-corrected chi connectivity index (χ3v) is 5.70. The second-order valence-corrected chi connectivity index (χ2v) is 7.91. The summed E-state index contributed by atoms with van der Waals surface area (Å²) in [5.74, 6) is -0.945. The van der Waals surface area contributed by atoms with E-state index in [0.717, 1.165) is 18.4 Å². The zero-order chi connectivity index (χ0) is 21.8. The topological polar surface area (TPSA) is 101 Å². The van der Waals surface area contributed by atoms with Crippen LogP contribution in [0.1, 0.15) is 48.2 Å². The van der Waals surface area contributed by atoms with Gasteiger partial charge in [0.15, 0.2) is 6.61 Å². The van der Waals surface area contributed by atoms with E-state index in [1.165, 1.54) is 24.0 Å². The molecule has 7 heteroatoms. The molecule has 1 aliphatic carbocycles. The lowest BCUT2D eigenvalue weighted by Crippen LogP contribution is -2.31. The number of hydrogen-bond acceptors (Lipinski definition) is 5. The number of hydrogen-bond donors (Lipinski definition) is 2. The molecule has 160 valence electrons. The van der Waals surface area contributed by atoms with Gasteiger partial charge in [-0.05, 0) is 55.4 Å². The van der Waals surface area contributed by atoms with Crippen LogP contribution >= 0.6 is 0 Å². The first kappa shape index (κ1) is 20.8. The summed E-state index contributed by atoms with van der Waals surface area (Å²) in [6.07, 6.45) is 4.49. The lowest BCUT2D eigenvalue weighted by Gasteiger charge is -2.20. The first-order chi connectivity index (χ1) is 15.0. The van der Waals surface area contributed by atoms with Crippen LogP contribution in [0, 0.1) is 0 Å². The van der Waals surface area contributed by atoms with E-state index in [9.17, 15) is 14.4 Å². The van der Waals surface area contributed by atoms with Gasteiger partial charge in [-0.3, -0.25) is 14.4 Å². The summed E-state index contributed by atoms with van der Waals surface area (Å²) < 4.78 is 5.13. The molecule has 0 unspecified atom stereocenters. The normalized spacial score (nSPS) is 14.0. The monoisotopic (exact) mass is 419 g/mol. The smallest absolute Gasteiger partial charge is 0.312 e. The molecule has 0 spiro atoms. The van der Waals surface area contributed by atoms with E-state index in [1.807, 2.05) is 13.0 Å². The third kappa shape index (κ3) is 4.82. The summed E-state index contributed by atoms with van der Waals surface area (Å²) in [7, 11) is 0. The van der Waals surface area contributed by atoms with Crippen LogP contribution in [0.4, 0.5) is 0 Å². The molecule has 0 saturated heterocycles. The highest BCUT2D eigenvalue weighted by Crippen LogP contribution is 2.24. The van der Waals surface area contributed by atoms with Crippen LogP contribution in [0.2, 0.25) is 0 Å². The summed E-state index contributed by atoms with van der Waals surface area (Å²) in [5, 5.41) is 10.3. The van der Waals surface area contributed by atoms with Crippen molar-refractivity contribution in [3.63, 3.8) is 0 Å². The fourth-order valence-corrected chi connectivity index (χ4v) is 4.03. The Bertz CT molecular complexity index is 1180. The molecule has 2 N–H and O–H groups in total. The Morgan fingerprint density at radius 1 is 1.10 bits per heavy atom. The molecule has 0 bridgehead atoms. The van der Waals surface area contributed by atoms with E-state index in [2.05, 4.69) is 27.6 Å². The molecular weight excluding hydrogens is 394 g/mol. The predicted molar refractivity (Wildman–Crippen MR) is 117 cm³/mol. The van der Waals surface area contributed by atoms with Gasteiger partial charge >= 0.3 is 5.97 Å². The lowest BCUT2D eigenvalue weighted by molar-refractivity contribution is -0.148. The van der Waals surface area contributed by atoms with Crippen molar-refractivity contribution in [3.8, 4) is 0 Å². The molecule has 0 radical (unpaired) electrons. The van der Waals surface area contributed by atoms with Crippen LogP contribution in [0.15, 0.2) is 47.3 Å². The van der Waals surface area contributed by atoms with Crippen LogP contribution in [0.3, 0.4) is 0 Å². The Morgan fingerprint density at radius 2 is 1.84 bits per heavy atom. The van der Waals surface area contributed by atoms with Crippen LogP contribution in [-0.2, 0) is 33.6 Å². The molecule has 7 nitrogen and oxygen atoms in total. The van der Waals surface area contributed by atoms with Crippen molar-refractivity contribution in [1.82, 2.24) is 15.5 Å². The first-order valence-electron chi connectivity index (χ1n) is 10.5. The number of nitrogens with one attached hydrogen (secondary N) is 2. The van der Waals surface area contributed by atoms with E-state index in [1.54, 1.807) is 24.3 Å². The highest BCUT2D eigenvalue weighted by atomic mass is 16.5. The van der Waals surface area contributed by atoms with Gasteiger partial charge in [-0.1, -0.05) is 36.4 Å². The summed E-state index contributed by atoms with van der Waals surface area (Å²) in [5.41, 5.74) is 3.89. The van der Waals surface area contributed by atoms with Crippen molar-refractivity contribution >= 4 is 22.6 Å². The largest absolute Gasteiger partial charge is 0.455 e. The van der Waals surface area contributed by atoms with Crippen LogP contribution in [0.25, 0.3) is 10.8 Å². The third-order valence-electron chi connectivity index (χ3n) is 5.70. The van der Waals surface area contributed by atoms with Gasteiger partial charge in [0.05, 0.1) is 23.5 Å². The van der Waals surface area contributed by atoms with Crippen LogP contribution < -0.4 is 10.9 Å². The number of H-pyrrole nitrogens is 1. The second-order valence-electron chi connectivity index (χ2n) is 7.91. The highest BCUT2D eigenvalue weighted by Gasteiger charge is 2.16. The molecule has 1 atom stereocenters. The SMILES string of the molecule is C[C@H](NC(=O)COC(=O)Cc1n[nH]c(=O)c2ccccc12)c1ccc2c(c1)CCCC2. The van der Waals surface area contributed by atoms with Gasteiger partial charge < -0.3 is 10.1 Å². The van der Waals surface area contributed by atoms with Gasteiger partial charge in [-0.25, -0.2) is 5.10 Å². The lowest BCUT2D eigenvalue weighted by atomic mass is 9.89. The van der Waals surface area contributed by atoms with Crippen molar-refractivity contribution in [2.75, 3.05) is 6.61 Å². The number of aromatic amines is 1. The number of nitrogens with zero attached hydrogens (tertiary/aromatic N) is 1. The molecular formula is C24H25N3O4. The number of fused-ring (bicyclic) bond motifs is 2. The number of esters is 1. The minimum atomic E-state index is -0.582. The molecule has 31 heavy (non-hydrogen) atoms. The number of rotatable bonds is 6. The van der Waals surface area contributed by atoms with Crippen molar-refractivity contribution in [2.45, 2.75) is 45.1 Å². The van der Waals surface area contributed by atoms with E-state index in [-0.39, 0.29) is 30.5 Å². The fourth-order valence-electron chi connectivity index (χ4n) is 4.03. The van der Waals surface area contributed by atoms with Crippen molar-refractivity contribution in [2.24, 2.45) is 0 Å². The van der Waals surface area contributed by atoms with Gasteiger partial charge in [-0.15, -0.1) is 0 Å². The molecule has 0 aliphatic heterocycles. The molecule has 2 aromatic carbocycles. The van der Waals surface area contributed by atoms with Gasteiger partial charge in [0.2, 0.25) is 0 Å². The molecule has 4 rings (SSSR count). The average Bonchev–Trinajstić information content (AvgIpc) is 2.79. The number of carbonyl (C=O) groups excluding carboxylic acids is 2. The summed E-state index contributed by atoms with van der Waals surface area (Å²) in [4.78, 5) is 36.3. The number of aryl methyl sites for hydroxylation is 2. The highest BCUT2D eigenvalue weighted by molar-refractivity contribution is 5.87. The number of aromatic nitrogens is 2. The van der Waals surface area contributed by atoms with Gasteiger partial charge in [0.1, 0.15) is 0 Å². The zero-order valence-corrected chi connectivity index (χ0v) is 17.4. The zero-order valence-electron chi connectivity index (χ0n) is 17.4. The predicted octanol–water partition coefficient (Wildman–Crippen LogP) is 2.77. The minimum Gasteiger partial charge on any atom is -0.455 e. The van der Waals surface area contributed by atoms with Crippen molar-refractivity contribution in [3.05, 3.63) is 75.2 Å². The maximum Gasteiger partial charge on any atom is 0.312 e. The standard InChI is InChI=1S/C24H25N3O4/c1-15(17-11-10-16-6-2-3-7-18(16)12-17)25-22(28)14-31-23(29)13-21-19-8-4-5-9-20(19)24(30)27-26-21/h4-5,8-12,15H,2-3,6-7,13-14H2,1H3,(H,25,28)(H,27,30)/t15-/m0/s1. The maximum absolute atomic E-state index is 12.3. The minimum absolute atomic E-state index is 0.134. The van der Waals surface area contributed by atoms with Gasteiger partial charge in [-0.2, -0.15) is 5.10 Å². The van der Waals surface area contributed by atoms with E-state index >= 15 is 0 Å². The van der Waals surface area contributed by atoms with Gasteiger partial charge in [0.25, 0.3) is 11.5 Å². The van der Waals surface area contributed by atoms with E-state index < -0.39 is 5.97 Å². The van der Waals surface area contributed by atoms with Crippen molar-refractivity contribution < 1.29 is 14.3 Å². The summed E-state index contributed by atoms with van der Waals surface area (Å²) >= 11 is 0. The van der Waals surface area contributed by atoms with Crippen LogP contribution in [0.5, 0.6) is 0 Å². The quantitative estimate of drug-likeness (QED) is 0.599.